The van der Waals surface area contributed by atoms with E-state index < -0.39 is 0 Å². The van der Waals surface area contributed by atoms with E-state index in [1.54, 1.807) is 0 Å². The topological polar surface area (TPSA) is 55.4 Å². The first-order valence-corrected chi connectivity index (χ1v) is 7.36. The summed E-state index contributed by atoms with van der Waals surface area (Å²) in [5.74, 6) is 0. The molecule has 0 unspecified atom stereocenters. The number of benzene rings is 1. The Labute approximate surface area is 130 Å². The van der Waals surface area contributed by atoms with Gasteiger partial charge in [-0.25, -0.2) is 4.89 Å². The fourth-order valence-electron chi connectivity index (χ4n) is 1.38. The molecule has 21 heavy (non-hydrogen) atoms. The lowest BCUT2D eigenvalue weighted by Crippen LogP contribution is -2.11. The molecule has 0 heterocycles. The zero-order valence-corrected chi connectivity index (χ0v) is 13.0. The van der Waals surface area contributed by atoms with Gasteiger partial charge in [-0.2, -0.15) is 0 Å². The van der Waals surface area contributed by atoms with Crippen LogP contribution in [0.5, 0.6) is 0 Å². The predicted molar refractivity (Wildman–Crippen MR) is 79.4 cm³/mol. The van der Waals surface area contributed by atoms with Crippen molar-refractivity contribution in [2.75, 3.05) is 46.8 Å². The molecule has 1 aromatic carbocycles. The molecule has 120 valence electrons. The van der Waals surface area contributed by atoms with Crippen molar-refractivity contribution in [2.24, 2.45) is 0 Å². The molecule has 0 aliphatic rings. The summed E-state index contributed by atoms with van der Waals surface area (Å²) in [7, 11) is 1.41. The molecular formula is C14H22O6S. The van der Waals surface area contributed by atoms with Crippen LogP contribution in [-0.2, 0) is 34.2 Å². The molecule has 0 aliphatic heterocycles. The molecule has 1 rings (SSSR count). The lowest BCUT2D eigenvalue weighted by Gasteiger charge is -2.07. The Hall–Kier alpha value is -0.670. The number of rotatable bonds is 14. The molecule has 0 aromatic heterocycles. The van der Waals surface area contributed by atoms with Gasteiger partial charge in [0, 0.05) is 0 Å². The van der Waals surface area contributed by atoms with Crippen LogP contribution in [0.4, 0.5) is 0 Å². The highest BCUT2D eigenvalue weighted by molar-refractivity contribution is 7.89. The van der Waals surface area contributed by atoms with Crippen LogP contribution in [0.3, 0.4) is 0 Å². The lowest BCUT2D eigenvalue weighted by molar-refractivity contribution is -0.167. The minimum Gasteiger partial charge on any atom is -0.377 e. The fraction of sp³-hybridized carbons (Fsp3) is 0.571. The normalized spacial score (nSPS) is 10.9. The van der Waals surface area contributed by atoms with Crippen molar-refractivity contribution in [3.8, 4) is 0 Å². The van der Waals surface area contributed by atoms with Crippen molar-refractivity contribution >= 4 is 12.3 Å². The van der Waals surface area contributed by atoms with Crippen molar-refractivity contribution in [1.29, 1.82) is 0 Å². The molecule has 0 radical (unpaired) electrons. The van der Waals surface area contributed by atoms with Gasteiger partial charge in [-0.3, -0.25) is 4.18 Å². The van der Waals surface area contributed by atoms with Crippen LogP contribution in [0.1, 0.15) is 5.56 Å². The molecular weight excluding hydrogens is 296 g/mol. The van der Waals surface area contributed by atoms with Crippen LogP contribution in [0.15, 0.2) is 30.3 Å². The van der Waals surface area contributed by atoms with E-state index in [-0.39, 0.29) is 0 Å². The Morgan fingerprint density at radius 2 is 1.43 bits per heavy atom. The summed E-state index contributed by atoms with van der Waals surface area (Å²) < 4.78 is 25.6. The smallest absolute Gasteiger partial charge is 0.194 e. The van der Waals surface area contributed by atoms with Crippen LogP contribution in [0.25, 0.3) is 0 Å². The molecule has 7 heteroatoms. The Morgan fingerprint density at radius 1 is 0.810 bits per heavy atom. The number of hydrogen-bond acceptors (Lipinski definition) is 7. The zero-order valence-electron chi connectivity index (χ0n) is 12.2. The maximum absolute atomic E-state index is 5.49. The zero-order chi connectivity index (χ0) is 15.0. The van der Waals surface area contributed by atoms with E-state index in [1.807, 2.05) is 30.3 Å². The lowest BCUT2D eigenvalue weighted by atomic mass is 10.2. The van der Waals surface area contributed by atoms with Gasteiger partial charge in [-0.15, -0.1) is 4.33 Å². The molecule has 0 amide bonds. The summed E-state index contributed by atoms with van der Waals surface area (Å²) in [6.45, 7) is 3.71. The molecule has 0 aliphatic carbocycles. The van der Waals surface area contributed by atoms with E-state index >= 15 is 0 Å². The summed E-state index contributed by atoms with van der Waals surface area (Å²) in [6, 6.07) is 10.0. The van der Waals surface area contributed by atoms with Crippen LogP contribution < -0.4 is 0 Å². The van der Waals surface area contributed by atoms with E-state index in [9.17, 15) is 0 Å². The second-order valence-corrected chi connectivity index (χ2v) is 4.40. The largest absolute Gasteiger partial charge is 0.377 e. The van der Waals surface area contributed by atoms with Gasteiger partial charge in [0.15, 0.2) is 12.3 Å². The van der Waals surface area contributed by atoms with Gasteiger partial charge < -0.3 is 14.2 Å². The maximum atomic E-state index is 5.49. The van der Waals surface area contributed by atoms with Gasteiger partial charge >= 0.3 is 0 Å². The van der Waals surface area contributed by atoms with Gasteiger partial charge in [-0.05, 0) is 5.56 Å². The fourth-order valence-corrected chi connectivity index (χ4v) is 1.61. The van der Waals surface area contributed by atoms with E-state index in [0.29, 0.717) is 46.2 Å². The second-order valence-electron chi connectivity index (χ2n) is 3.89. The maximum Gasteiger partial charge on any atom is 0.194 e. The molecule has 6 nitrogen and oxygen atoms in total. The number of hydrogen-bond donors (Lipinski definition) is 0. The predicted octanol–water partition coefficient (Wildman–Crippen LogP) is 2.39. The second kappa shape index (κ2) is 14.3. The summed E-state index contributed by atoms with van der Waals surface area (Å²) in [5.41, 5.74) is 1.16. The van der Waals surface area contributed by atoms with E-state index in [2.05, 4.69) is 9.22 Å². The Balaban J connectivity index is 1.75. The van der Waals surface area contributed by atoms with E-state index in [0.717, 1.165) is 17.9 Å². The average Bonchev–Trinajstić information content (AvgIpc) is 2.53. The minimum absolute atomic E-state index is 0.425. The van der Waals surface area contributed by atoms with Crippen LogP contribution in [0, 0.1) is 0 Å². The van der Waals surface area contributed by atoms with Crippen LogP contribution in [-0.4, -0.2) is 46.8 Å². The van der Waals surface area contributed by atoms with Gasteiger partial charge in [-0.1, -0.05) is 30.3 Å². The SMILES string of the molecule is COOSOCCOCCOCCOCc1ccccc1. The van der Waals surface area contributed by atoms with Crippen molar-refractivity contribution in [3.63, 3.8) is 0 Å². The van der Waals surface area contributed by atoms with Crippen LogP contribution in [0.2, 0.25) is 0 Å². The third-order valence-electron chi connectivity index (χ3n) is 2.31. The minimum atomic E-state index is 0.425. The summed E-state index contributed by atoms with van der Waals surface area (Å²) in [4.78, 5) is 4.33. The summed E-state index contributed by atoms with van der Waals surface area (Å²) >= 11 is 0.779. The Morgan fingerprint density at radius 3 is 2.10 bits per heavy atom. The molecule has 0 fully saturated rings. The molecule has 0 atom stereocenters. The molecule has 1 aromatic rings. The van der Waals surface area contributed by atoms with Crippen molar-refractivity contribution in [1.82, 2.24) is 0 Å². The molecule has 0 bridgehead atoms. The third-order valence-corrected chi connectivity index (χ3v) is 2.77. The quantitative estimate of drug-likeness (QED) is 0.226. The van der Waals surface area contributed by atoms with Gasteiger partial charge in [0.1, 0.15) is 0 Å². The Kier molecular flexibility index (Phi) is 12.5. The number of ether oxygens (including phenoxy) is 3. The first kappa shape index (κ1) is 18.4. The van der Waals surface area contributed by atoms with Gasteiger partial charge in [0.2, 0.25) is 0 Å². The third kappa shape index (κ3) is 11.6. The standard InChI is InChI=1S/C14H22O6S/c1-15-20-21-19-12-11-17-8-7-16-9-10-18-13-14-5-3-2-4-6-14/h2-6H,7-13H2,1H3. The first-order chi connectivity index (χ1) is 10.4. The first-order valence-electron chi connectivity index (χ1n) is 6.69. The monoisotopic (exact) mass is 318 g/mol. The van der Waals surface area contributed by atoms with Gasteiger partial charge in [0.25, 0.3) is 0 Å². The van der Waals surface area contributed by atoms with Crippen LogP contribution >= 0.6 is 12.3 Å². The summed E-state index contributed by atoms with van der Waals surface area (Å²) in [5, 5.41) is 0. The van der Waals surface area contributed by atoms with E-state index in [1.165, 1.54) is 7.11 Å². The van der Waals surface area contributed by atoms with E-state index in [4.69, 9.17) is 18.4 Å². The Bertz CT molecular complexity index is 325. The van der Waals surface area contributed by atoms with Gasteiger partial charge in [0.05, 0.1) is 53.4 Å². The average molecular weight is 318 g/mol. The van der Waals surface area contributed by atoms with Crippen molar-refractivity contribution in [2.45, 2.75) is 6.61 Å². The summed E-state index contributed by atoms with van der Waals surface area (Å²) in [6.07, 6.45) is 0. The molecule has 0 N–H and O–H groups in total. The highest BCUT2D eigenvalue weighted by Gasteiger charge is 1.94. The van der Waals surface area contributed by atoms with Crippen molar-refractivity contribution < 1.29 is 27.6 Å². The molecule has 0 spiro atoms. The highest BCUT2D eigenvalue weighted by Crippen LogP contribution is 2.03. The van der Waals surface area contributed by atoms with Crippen molar-refractivity contribution in [3.05, 3.63) is 35.9 Å². The highest BCUT2D eigenvalue weighted by atomic mass is 32.2. The molecule has 0 saturated heterocycles. The molecule has 0 saturated carbocycles.